The predicted molar refractivity (Wildman–Crippen MR) is 74.8 cm³/mol. The van der Waals surface area contributed by atoms with Crippen molar-refractivity contribution >= 4 is 0 Å². The highest BCUT2D eigenvalue weighted by atomic mass is 16.1. The fourth-order valence-electron chi connectivity index (χ4n) is 1.75. The van der Waals surface area contributed by atoms with Crippen molar-refractivity contribution in [1.29, 1.82) is 0 Å². The molecule has 0 saturated heterocycles. The zero-order valence-electron chi connectivity index (χ0n) is 11.4. The van der Waals surface area contributed by atoms with Crippen molar-refractivity contribution < 1.29 is 0 Å². The largest absolute Gasteiger partial charge is 0.309 e. The molecule has 100 valence electrons. The first kappa shape index (κ1) is 13.4. The van der Waals surface area contributed by atoms with Crippen molar-refractivity contribution in [2.75, 3.05) is 0 Å². The molecule has 0 saturated carbocycles. The first-order chi connectivity index (χ1) is 9.06. The molecule has 0 aliphatic rings. The molecule has 0 atom stereocenters. The van der Waals surface area contributed by atoms with E-state index in [9.17, 15) is 4.79 Å². The predicted octanol–water partition coefficient (Wildman–Crippen LogP) is 1.64. The van der Waals surface area contributed by atoms with Crippen LogP contribution >= 0.6 is 0 Å². The number of nitrogens with zero attached hydrogens (tertiary/aromatic N) is 2. The van der Waals surface area contributed by atoms with Gasteiger partial charge in [0.05, 0.1) is 5.69 Å². The van der Waals surface area contributed by atoms with Crippen molar-refractivity contribution in [2.45, 2.75) is 33.4 Å². The van der Waals surface area contributed by atoms with Gasteiger partial charge in [0.1, 0.15) is 5.82 Å². The van der Waals surface area contributed by atoms with E-state index in [1.807, 2.05) is 13.0 Å². The number of hydrogen-bond acceptors (Lipinski definition) is 4. The van der Waals surface area contributed by atoms with E-state index >= 15 is 0 Å². The first-order valence-corrected chi connectivity index (χ1v) is 6.31. The van der Waals surface area contributed by atoms with Gasteiger partial charge in [-0.15, -0.1) is 0 Å². The van der Waals surface area contributed by atoms with Gasteiger partial charge >= 0.3 is 0 Å². The number of pyridine rings is 1. The Hall–Kier alpha value is -2.01. The molecule has 5 nitrogen and oxygen atoms in total. The lowest BCUT2D eigenvalue weighted by Crippen LogP contribution is -2.24. The number of H-pyrrole nitrogens is 1. The molecule has 2 N–H and O–H groups in total. The normalized spacial score (nSPS) is 10.9. The lowest BCUT2D eigenvalue weighted by molar-refractivity contribution is 0.580. The van der Waals surface area contributed by atoms with E-state index in [1.165, 1.54) is 6.07 Å². The number of aryl methyl sites for hydroxylation is 1. The lowest BCUT2D eigenvalue weighted by atomic mass is 10.1. The molecule has 0 fully saturated rings. The summed E-state index contributed by atoms with van der Waals surface area (Å²) >= 11 is 0. The topological polar surface area (TPSA) is 70.7 Å². The van der Waals surface area contributed by atoms with Crippen molar-refractivity contribution in [3.05, 3.63) is 46.1 Å². The molecule has 0 aliphatic heterocycles. The van der Waals surface area contributed by atoms with Gasteiger partial charge in [0, 0.05) is 36.6 Å². The van der Waals surface area contributed by atoms with Crippen LogP contribution in [0.2, 0.25) is 0 Å². The van der Waals surface area contributed by atoms with E-state index in [-0.39, 0.29) is 5.56 Å². The average molecular weight is 258 g/mol. The van der Waals surface area contributed by atoms with Crippen LogP contribution in [0.25, 0.3) is 11.4 Å². The number of aromatic nitrogens is 3. The summed E-state index contributed by atoms with van der Waals surface area (Å²) in [6.45, 7) is 6.66. The van der Waals surface area contributed by atoms with E-state index in [4.69, 9.17) is 0 Å². The fraction of sp³-hybridized carbons (Fsp3) is 0.357. The molecule has 0 aromatic carbocycles. The smallest absolute Gasteiger partial charge is 0.251 e. The third-order valence-electron chi connectivity index (χ3n) is 2.78. The molecule has 2 aromatic rings. The first-order valence-electron chi connectivity index (χ1n) is 6.31. The summed E-state index contributed by atoms with van der Waals surface area (Å²) in [4.78, 5) is 23.0. The Morgan fingerprint density at radius 3 is 2.89 bits per heavy atom. The Balaban J connectivity index is 2.37. The van der Waals surface area contributed by atoms with Crippen LogP contribution in [0.15, 0.2) is 29.3 Å². The standard InChI is InChI=1S/C14H18N4O/c1-9(2)16-7-11-6-13(19)18-14(17-11)12-8-15-5-4-10(12)3/h4-6,8-9,16H,7H2,1-3H3,(H,17,18,19). The van der Waals surface area contributed by atoms with E-state index in [2.05, 4.69) is 34.1 Å². The van der Waals surface area contributed by atoms with Gasteiger partial charge in [-0.05, 0) is 18.6 Å². The molecule has 0 amide bonds. The van der Waals surface area contributed by atoms with E-state index in [0.717, 1.165) is 16.8 Å². The molecule has 19 heavy (non-hydrogen) atoms. The van der Waals surface area contributed by atoms with Gasteiger partial charge in [-0.25, -0.2) is 4.98 Å². The minimum atomic E-state index is -0.145. The van der Waals surface area contributed by atoms with Crippen LogP contribution in [0.4, 0.5) is 0 Å². The van der Waals surface area contributed by atoms with E-state index in [0.29, 0.717) is 18.4 Å². The summed E-state index contributed by atoms with van der Waals surface area (Å²) in [6.07, 6.45) is 3.44. The Morgan fingerprint density at radius 2 is 2.21 bits per heavy atom. The second-order valence-electron chi connectivity index (χ2n) is 4.81. The minimum Gasteiger partial charge on any atom is -0.309 e. The second-order valence-corrected chi connectivity index (χ2v) is 4.81. The summed E-state index contributed by atoms with van der Waals surface area (Å²) in [5.41, 5.74) is 2.47. The van der Waals surface area contributed by atoms with Crippen LogP contribution in [0.5, 0.6) is 0 Å². The third-order valence-corrected chi connectivity index (χ3v) is 2.78. The SMILES string of the molecule is Cc1ccncc1-c1nc(CNC(C)C)cc(=O)[nH]1. The number of hydrogen-bond donors (Lipinski definition) is 2. The van der Waals surface area contributed by atoms with Gasteiger partial charge in [-0.1, -0.05) is 13.8 Å². The maximum absolute atomic E-state index is 11.7. The molecule has 2 heterocycles. The summed E-state index contributed by atoms with van der Waals surface area (Å²) in [5, 5.41) is 3.25. The van der Waals surface area contributed by atoms with Gasteiger partial charge < -0.3 is 10.3 Å². The van der Waals surface area contributed by atoms with Crippen LogP contribution in [-0.4, -0.2) is 21.0 Å². The molecular weight excluding hydrogens is 240 g/mol. The molecule has 2 aromatic heterocycles. The molecule has 0 aliphatic carbocycles. The Kier molecular flexibility index (Phi) is 4.06. The average Bonchev–Trinajstić information content (AvgIpc) is 2.36. The number of rotatable bonds is 4. The van der Waals surface area contributed by atoms with Gasteiger partial charge in [-0.2, -0.15) is 0 Å². The van der Waals surface area contributed by atoms with Crippen molar-refractivity contribution in [1.82, 2.24) is 20.3 Å². The van der Waals surface area contributed by atoms with Gasteiger partial charge in [0.25, 0.3) is 5.56 Å². The number of nitrogens with one attached hydrogen (secondary N) is 2. The highest BCUT2D eigenvalue weighted by molar-refractivity contribution is 5.57. The highest BCUT2D eigenvalue weighted by Gasteiger charge is 2.07. The van der Waals surface area contributed by atoms with Gasteiger partial charge in [-0.3, -0.25) is 9.78 Å². The number of aromatic amines is 1. The van der Waals surface area contributed by atoms with Crippen LogP contribution in [0, 0.1) is 6.92 Å². The Bertz CT molecular complexity index is 619. The van der Waals surface area contributed by atoms with Gasteiger partial charge in [0.15, 0.2) is 0 Å². The maximum Gasteiger partial charge on any atom is 0.251 e. The van der Waals surface area contributed by atoms with Crippen LogP contribution in [0.3, 0.4) is 0 Å². The van der Waals surface area contributed by atoms with Crippen LogP contribution in [0.1, 0.15) is 25.1 Å². The Morgan fingerprint density at radius 1 is 1.42 bits per heavy atom. The summed E-state index contributed by atoms with van der Waals surface area (Å²) in [5.74, 6) is 0.568. The zero-order chi connectivity index (χ0) is 13.8. The van der Waals surface area contributed by atoms with Crippen molar-refractivity contribution in [3.63, 3.8) is 0 Å². The van der Waals surface area contributed by atoms with E-state index < -0.39 is 0 Å². The molecule has 5 heteroatoms. The van der Waals surface area contributed by atoms with Gasteiger partial charge in [0.2, 0.25) is 0 Å². The molecule has 0 bridgehead atoms. The minimum absolute atomic E-state index is 0.145. The van der Waals surface area contributed by atoms with E-state index in [1.54, 1.807) is 12.4 Å². The molecule has 0 unspecified atom stereocenters. The lowest BCUT2D eigenvalue weighted by Gasteiger charge is -2.09. The molecule has 0 radical (unpaired) electrons. The molecule has 2 rings (SSSR count). The summed E-state index contributed by atoms with van der Waals surface area (Å²) in [7, 11) is 0. The maximum atomic E-state index is 11.7. The Labute approximate surface area is 112 Å². The van der Waals surface area contributed by atoms with Crippen LogP contribution < -0.4 is 10.9 Å². The second kappa shape index (κ2) is 5.75. The highest BCUT2D eigenvalue weighted by Crippen LogP contribution is 2.16. The quantitative estimate of drug-likeness (QED) is 0.874. The molecular formula is C14H18N4O. The zero-order valence-corrected chi connectivity index (χ0v) is 11.4. The van der Waals surface area contributed by atoms with Crippen molar-refractivity contribution in [3.8, 4) is 11.4 Å². The fourth-order valence-corrected chi connectivity index (χ4v) is 1.75. The third kappa shape index (κ3) is 3.48. The van der Waals surface area contributed by atoms with Crippen molar-refractivity contribution in [2.24, 2.45) is 0 Å². The summed E-state index contributed by atoms with van der Waals surface area (Å²) < 4.78 is 0. The monoisotopic (exact) mass is 258 g/mol. The molecule has 0 spiro atoms. The summed E-state index contributed by atoms with van der Waals surface area (Å²) in [6, 6.07) is 3.77. The van der Waals surface area contributed by atoms with Crippen LogP contribution in [-0.2, 0) is 6.54 Å².